The minimum atomic E-state index is -0.543. The van der Waals surface area contributed by atoms with Crippen molar-refractivity contribution in [1.82, 2.24) is 0 Å². The van der Waals surface area contributed by atoms with Gasteiger partial charge in [-0.3, -0.25) is 10.1 Å². The first-order chi connectivity index (χ1) is 4.72. The van der Waals surface area contributed by atoms with Crippen molar-refractivity contribution in [3.05, 3.63) is 39.4 Å². The predicted octanol–water partition coefficient (Wildman–Crippen LogP) is 2.16. The van der Waals surface area contributed by atoms with Crippen LogP contribution in [0.5, 0.6) is 0 Å². The van der Waals surface area contributed by atoms with E-state index in [9.17, 15) is 10.1 Å². The molecule has 0 saturated carbocycles. The number of nitrogens with zero attached hydrogens (tertiary/aromatic N) is 1. The van der Waals surface area contributed by atoms with Crippen LogP contribution in [-0.4, -0.2) is 4.92 Å². The maximum Gasteiger partial charge on any atom is 1.00 e. The third-order valence-corrected chi connectivity index (χ3v) is 1.31. The normalized spacial score (nSPS) is 9.30. The molecular weight excluding hydrogens is 154 g/mol. The van der Waals surface area contributed by atoms with Crippen LogP contribution in [0.15, 0.2) is 18.2 Å². The van der Waals surface area contributed by atoms with Crippen LogP contribution in [-0.2, 0) is 0 Å². The Labute approximate surface area is 63.9 Å². The summed E-state index contributed by atoms with van der Waals surface area (Å²) in [5, 5.41) is 10.3. The van der Waals surface area contributed by atoms with Gasteiger partial charge in [0.2, 0.25) is 0 Å². The van der Waals surface area contributed by atoms with E-state index in [2.05, 4.69) is 6.07 Å². The zero-order chi connectivity index (χ0) is 7.56. The summed E-state index contributed by atoms with van der Waals surface area (Å²) in [6.07, 6.45) is 0. The van der Waals surface area contributed by atoms with Gasteiger partial charge in [-0.05, 0) is 12.1 Å². The molecule has 0 unspecified atom stereocenters. The van der Waals surface area contributed by atoms with Crippen molar-refractivity contribution in [1.29, 1.82) is 0 Å². The number of benzene rings is 1. The third-order valence-electron chi connectivity index (χ3n) is 0.987. The van der Waals surface area contributed by atoms with Gasteiger partial charge in [0.15, 0.2) is 0 Å². The van der Waals surface area contributed by atoms with E-state index in [1.54, 1.807) is 0 Å². The highest BCUT2D eigenvalue weighted by Gasteiger charge is 2.08. The second kappa shape index (κ2) is 2.66. The van der Waals surface area contributed by atoms with Gasteiger partial charge >= 0.3 is 1.43 Å². The van der Waals surface area contributed by atoms with E-state index in [-0.39, 0.29) is 12.1 Å². The minimum Gasteiger partial charge on any atom is -0.258 e. The predicted molar refractivity (Wildman–Crippen MR) is 38.1 cm³/mol. The first-order valence-corrected chi connectivity index (χ1v) is 2.89. The van der Waals surface area contributed by atoms with Crippen LogP contribution in [0.25, 0.3) is 0 Å². The van der Waals surface area contributed by atoms with Crippen molar-refractivity contribution in [2.45, 2.75) is 0 Å². The van der Waals surface area contributed by atoms with Crippen molar-refractivity contribution >= 4 is 17.3 Å². The lowest BCUT2D eigenvalue weighted by Gasteiger charge is -1.90. The molecule has 0 N–H and O–H groups in total. The number of nitro benzene ring substituents is 1. The lowest BCUT2D eigenvalue weighted by atomic mass is 10.3. The van der Waals surface area contributed by atoms with Gasteiger partial charge in [0.05, 0.1) is 4.92 Å². The monoisotopic (exact) mass is 157 g/mol. The Bertz CT molecular complexity index is 267. The second-order valence-electron chi connectivity index (χ2n) is 1.63. The highest BCUT2D eigenvalue weighted by atomic mass is 35.5. The minimum absolute atomic E-state index is 0. The Morgan fingerprint density at radius 1 is 1.80 bits per heavy atom. The largest absolute Gasteiger partial charge is 1.00 e. The van der Waals surface area contributed by atoms with Crippen molar-refractivity contribution < 1.29 is 6.35 Å². The second-order valence-corrected chi connectivity index (χ2v) is 2.04. The summed E-state index contributed by atoms with van der Waals surface area (Å²) in [6, 6.07) is 6.75. The van der Waals surface area contributed by atoms with Gasteiger partial charge in [-0.25, -0.2) is 0 Å². The van der Waals surface area contributed by atoms with Gasteiger partial charge in [-0.2, -0.15) is 0 Å². The van der Waals surface area contributed by atoms with Crippen molar-refractivity contribution in [2.24, 2.45) is 0 Å². The van der Waals surface area contributed by atoms with Crippen LogP contribution < -0.4 is 0 Å². The molecule has 51 valence electrons. The average Bonchev–Trinajstić information content (AvgIpc) is 1.88. The Balaban J connectivity index is 0.000001000. The Kier molecular flexibility index (Phi) is 1.87. The summed E-state index contributed by atoms with van der Waals surface area (Å²) in [5.74, 6) is 0. The van der Waals surface area contributed by atoms with Crippen LogP contribution in [0.1, 0.15) is 1.43 Å². The van der Waals surface area contributed by atoms with Crippen LogP contribution in [0.4, 0.5) is 5.69 Å². The van der Waals surface area contributed by atoms with E-state index in [4.69, 9.17) is 11.6 Å². The van der Waals surface area contributed by atoms with E-state index in [1.165, 1.54) is 18.2 Å². The topological polar surface area (TPSA) is 43.1 Å². The number of hydrogen-bond donors (Lipinski definition) is 0. The van der Waals surface area contributed by atoms with Gasteiger partial charge in [0.1, 0.15) is 5.02 Å². The van der Waals surface area contributed by atoms with Crippen LogP contribution in [0.2, 0.25) is 5.02 Å². The van der Waals surface area contributed by atoms with E-state index >= 15 is 0 Å². The first kappa shape index (κ1) is 7.02. The fourth-order valence-corrected chi connectivity index (χ4v) is 0.729. The molecule has 10 heavy (non-hydrogen) atoms. The number of nitro groups is 1. The van der Waals surface area contributed by atoms with E-state index in [1.807, 2.05) is 0 Å². The maximum atomic E-state index is 10.1. The summed E-state index contributed by atoms with van der Waals surface area (Å²) >= 11 is 5.46. The van der Waals surface area contributed by atoms with Gasteiger partial charge in [-0.15, -0.1) is 0 Å². The Morgan fingerprint density at radius 2 is 2.50 bits per heavy atom. The van der Waals surface area contributed by atoms with Crippen molar-refractivity contribution in [3.8, 4) is 0 Å². The van der Waals surface area contributed by atoms with E-state index in [0.717, 1.165) is 0 Å². The molecule has 0 saturated heterocycles. The maximum absolute atomic E-state index is 10.1. The molecular formula is C6H4ClNO2+. The molecule has 0 aliphatic rings. The number of rotatable bonds is 1. The van der Waals surface area contributed by atoms with E-state index < -0.39 is 4.92 Å². The number of hydrogen-bond acceptors (Lipinski definition) is 2. The summed E-state index contributed by atoms with van der Waals surface area (Å²) < 4.78 is 0. The molecule has 4 heteroatoms. The lowest BCUT2D eigenvalue weighted by molar-refractivity contribution is -0.384. The molecule has 0 bridgehead atoms. The van der Waals surface area contributed by atoms with E-state index in [0.29, 0.717) is 0 Å². The quantitative estimate of drug-likeness (QED) is 0.463. The zero-order valence-corrected chi connectivity index (χ0v) is 5.63. The van der Waals surface area contributed by atoms with Gasteiger partial charge in [0.25, 0.3) is 5.69 Å². The molecule has 1 aromatic rings. The highest BCUT2D eigenvalue weighted by molar-refractivity contribution is 6.32. The molecule has 1 aromatic carbocycles. The molecule has 0 fully saturated rings. The number of halogens is 1. The summed E-state index contributed by atoms with van der Waals surface area (Å²) in [7, 11) is 0. The molecule has 1 radical (unpaired) electrons. The first-order valence-electron chi connectivity index (χ1n) is 2.52. The fourth-order valence-electron chi connectivity index (χ4n) is 0.543. The van der Waals surface area contributed by atoms with Gasteiger partial charge in [0, 0.05) is 6.07 Å². The van der Waals surface area contributed by atoms with Gasteiger partial charge < -0.3 is 0 Å². The zero-order valence-electron chi connectivity index (χ0n) is 5.87. The SMILES string of the molecule is O=[N+]([O-])c1c[c]ccc1Cl.[H+]. The summed E-state index contributed by atoms with van der Waals surface area (Å²) in [4.78, 5) is 9.58. The van der Waals surface area contributed by atoms with Crippen molar-refractivity contribution in [2.75, 3.05) is 0 Å². The molecule has 0 amide bonds. The van der Waals surface area contributed by atoms with Crippen LogP contribution in [0, 0.1) is 16.2 Å². The van der Waals surface area contributed by atoms with Crippen molar-refractivity contribution in [3.63, 3.8) is 0 Å². The molecule has 0 aliphatic heterocycles. The molecule has 0 atom stereocenters. The molecule has 0 aliphatic carbocycles. The molecule has 0 aromatic heterocycles. The smallest absolute Gasteiger partial charge is 0.258 e. The lowest BCUT2D eigenvalue weighted by Crippen LogP contribution is -1.87. The van der Waals surface area contributed by atoms with Crippen LogP contribution >= 0.6 is 11.6 Å². The fraction of sp³-hybridized carbons (Fsp3) is 0. The molecule has 1 rings (SSSR count). The Hall–Kier alpha value is -1.09. The highest BCUT2D eigenvalue weighted by Crippen LogP contribution is 2.21. The standard InChI is InChI=1S/C6H3ClNO2/c7-5-3-1-2-4-6(5)8(9)10/h1,3-4H/p+1. The average molecular weight is 158 g/mol. The Morgan fingerprint density at radius 3 is 2.90 bits per heavy atom. The third kappa shape index (κ3) is 1.25. The summed E-state index contributed by atoms with van der Waals surface area (Å²) in [6.45, 7) is 0. The molecule has 0 heterocycles. The van der Waals surface area contributed by atoms with Crippen LogP contribution in [0.3, 0.4) is 0 Å². The molecule has 0 spiro atoms. The van der Waals surface area contributed by atoms with Gasteiger partial charge in [-0.1, -0.05) is 17.7 Å². The molecule has 3 nitrogen and oxygen atoms in total. The summed E-state index contributed by atoms with van der Waals surface area (Å²) in [5.41, 5.74) is -0.107.